The van der Waals surface area contributed by atoms with E-state index < -0.39 is 33.8 Å². The number of nitrogens with zero attached hydrogens (tertiary/aromatic N) is 1. The Morgan fingerprint density at radius 2 is 1.86 bits per heavy atom. The lowest BCUT2D eigenvalue weighted by Gasteiger charge is -2.19. The van der Waals surface area contributed by atoms with Gasteiger partial charge in [-0.05, 0) is 45.0 Å². The van der Waals surface area contributed by atoms with E-state index in [0.29, 0.717) is 11.8 Å². The second-order valence-electron chi connectivity index (χ2n) is 6.87. The van der Waals surface area contributed by atoms with Crippen molar-refractivity contribution in [1.29, 1.82) is 0 Å². The van der Waals surface area contributed by atoms with Gasteiger partial charge in [0.25, 0.3) is 0 Å². The van der Waals surface area contributed by atoms with Crippen molar-refractivity contribution in [2.45, 2.75) is 41.5 Å². The molecule has 1 N–H and O–H groups in total. The summed E-state index contributed by atoms with van der Waals surface area (Å²) >= 11 is 4.82. The van der Waals surface area contributed by atoms with Crippen LogP contribution < -0.4 is 0 Å². The second-order valence-corrected chi connectivity index (χ2v) is 10.3. The molecule has 0 bridgehead atoms. The Bertz CT molecular complexity index is 943. The smallest absolute Gasteiger partial charge is 0.417 e. The van der Waals surface area contributed by atoms with Gasteiger partial charge in [0.05, 0.1) is 17.3 Å². The van der Waals surface area contributed by atoms with Gasteiger partial charge >= 0.3 is 12.1 Å². The van der Waals surface area contributed by atoms with Crippen LogP contribution in [0.2, 0.25) is 5.02 Å². The van der Waals surface area contributed by atoms with E-state index in [1.807, 2.05) is 0 Å². The predicted molar refractivity (Wildman–Crippen MR) is 109 cm³/mol. The maximum Gasteiger partial charge on any atom is 0.417 e. The van der Waals surface area contributed by atoms with E-state index in [1.165, 1.54) is 30.3 Å². The average molecular weight is 464 g/mol. The SMILES string of the molecule is CC(C)(C)[S+]([O-])/N=C/c1cc(Cl)cc(C(F)(F)F)c1Sc1ccccc1C(=O)O. The lowest BCUT2D eigenvalue weighted by molar-refractivity contribution is -0.139. The molecule has 0 aliphatic carbocycles. The minimum Gasteiger partial charge on any atom is -0.591 e. The Hall–Kier alpha value is -1.68. The number of hydrogen-bond acceptors (Lipinski definition) is 4. The van der Waals surface area contributed by atoms with Crippen molar-refractivity contribution >= 4 is 46.9 Å². The maximum atomic E-state index is 13.7. The number of aromatic carboxylic acids is 1. The standard InChI is InChI=1S/C19H17ClF3NO3S2/c1-18(2,3)29(27)24-10-11-8-12(20)9-14(19(21,22)23)16(11)28-15-7-5-4-6-13(15)17(25)26/h4-10H,1-3H3,(H,25,26)/b24-10+. The van der Waals surface area contributed by atoms with E-state index in [9.17, 15) is 27.6 Å². The first-order valence-corrected chi connectivity index (χ1v) is 10.5. The van der Waals surface area contributed by atoms with Crippen LogP contribution in [0.1, 0.15) is 42.3 Å². The van der Waals surface area contributed by atoms with Crippen molar-refractivity contribution in [3.63, 3.8) is 0 Å². The van der Waals surface area contributed by atoms with Crippen LogP contribution in [0.5, 0.6) is 0 Å². The van der Waals surface area contributed by atoms with Gasteiger partial charge in [-0.1, -0.05) is 39.9 Å². The molecule has 0 saturated heterocycles. The molecule has 10 heteroatoms. The molecule has 0 saturated carbocycles. The fourth-order valence-electron chi connectivity index (χ4n) is 2.14. The summed E-state index contributed by atoms with van der Waals surface area (Å²) < 4.78 is 56.4. The van der Waals surface area contributed by atoms with E-state index >= 15 is 0 Å². The highest BCUT2D eigenvalue weighted by Gasteiger charge is 2.36. The third-order valence-corrected chi connectivity index (χ3v) is 6.33. The van der Waals surface area contributed by atoms with E-state index in [2.05, 4.69) is 4.40 Å². The maximum absolute atomic E-state index is 13.7. The summed E-state index contributed by atoms with van der Waals surface area (Å²) in [5.74, 6) is -1.26. The number of carboxylic acid groups (broad SMARTS) is 1. The summed E-state index contributed by atoms with van der Waals surface area (Å²) in [5, 5.41) is 9.16. The molecule has 0 spiro atoms. The van der Waals surface area contributed by atoms with Gasteiger partial charge in [-0.15, -0.1) is 0 Å². The third kappa shape index (κ3) is 6.15. The first-order chi connectivity index (χ1) is 13.3. The minimum atomic E-state index is -4.74. The zero-order chi connectivity index (χ0) is 22.0. The molecule has 0 heterocycles. The van der Waals surface area contributed by atoms with Crippen molar-refractivity contribution in [3.05, 3.63) is 58.1 Å². The lowest BCUT2D eigenvalue weighted by atomic mass is 10.1. The Morgan fingerprint density at radius 3 is 2.41 bits per heavy atom. The molecular weight excluding hydrogens is 447 g/mol. The fraction of sp³-hybridized carbons (Fsp3) is 0.263. The van der Waals surface area contributed by atoms with E-state index in [-0.39, 0.29) is 25.9 Å². The fourth-order valence-corrected chi connectivity index (χ4v) is 4.04. The van der Waals surface area contributed by atoms with Gasteiger partial charge in [-0.3, -0.25) is 0 Å². The monoisotopic (exact) mass is 463 g/mol. The molecule has 2 aromatic carbocycles. The molecule has 0 fully saturated rings. The van der Waals surface area contributed by atoms with Crippen molar-refractivity contribution in [1.82, 2.24) is 0 Å². The van der Waals surface area contributed by atoms with Crippen LogP contribution in [-0.2, 0) is 17.5 Å². The number of hydrogen-bond donors (Lipinski definition) is 1. The van der Waals surface area contributed by atoms with Gasteiger partial charge in [0.15, 0.2) is 0 Å². The van der Waals surface area contributed by atoms with E-state index in [1.54, 1.807) is 20.8 Å². The predicted octanol–water partition coefficient (Wildman–Crippen LogP) is 6.09. The minimum absolute atomic E-state index is 0.00684. The molecule has 0 amide bonds. The normalized spacial score (nSPS) is 13.7. The number of alkyl halides is 3. The molecule has 0 aliphatic rings. The first kappa shape index (κ1) is 23.6. The van der Waals surface area contributed by atoms with Crippen LogP contribution in [0.3, 0.4) is 0 Å². The van der Waals surface area contributed by atoms with Crippen molar-refractivity contribution in [2.75, 3.05) is 0 Å². The summed E-state index contributed by atoms with van der Waals surface area (Å²) in [7, 11) is 0. The van der Waals surface area contributed by atoms with Gasteiger partial charge in [-0.2, -0.15) is 13.2 Å². The number of rotatable bonds is 5. The number of carbonyl (C=O) groups is 1. The summed E-state index contributed by atoms with van der Waals surface area (Å²) in [5.41, 5.74) is -1.17. The van der Waals surface area contributed by atoms with Crippen LogP contribution >= 0.6 is 23.4 Å². The zero-order valence-electron chi connectivity index (χ0n) is 15.6. The number of carboxylic acids is 1. The third-order valence-electron chi connectivity index (χ3n) is 3.53. The second kappa shape index (κ2) is 8.99. The van der Waals surface area contributed by atoms with E-state index in [0.717, 1.165) is 12.3 Å². The van der Waals surface area contributed by atoms with Gasteiger partial charge in [0, 0.05) is 20.4 Å². The summed E-state index contributed by atoms with van der Waals surface area (Å²) in [4.78, 5) is 11.3. The highest BCUT2D eigenvalue weighted by atomic mass is 35.5. The van der Waals surface area contributed by atoms with Crippen LogP contribution in [0.15, 0.2) is 50.6 Å². The van der Waals surface area contributed by atoms with Crippen LogP contribution in [-0.4, -0.2) is 26.6 Å². The molecule has 0 radical (unpaired) electrons. The van der Waals surface area contributed by atoms with Gasteiger partial charge < -0.3 is 9.66 Å². The van der Waals surface area contributed by atoms with Crippen LogP contribution in [0.4, 0.5) is 13.2 Å². The van der Waals surface area contributed by atoms with Gasteiger partial charge in [0.1, 0.15) is 16.1 Å². The molecular formula is C19H17ClF3NO3S2. The summed E-state index contributed by atoms with van der Waals surface area (Å²) in [6.45, 7) is 5.04. The molecule has 0 aromatic heterocycles. The Morgan fingerprint density at radius 1 is 1.24 bits per heavy atom. The molecule has 29 heavy (non-hydrogen) atoms. The molecule has 0 aliphatic heterocycles. The molecule has 1 unspecified atom stereocenters. The Labute approximate surface area is 178 Å². The van der Waals surface area contributed by atoms with Crippen LogP contribution in [0, 0.1) is 0 Å². The Balaban J connectivity index is 2.65. The quantitative estimate of drug-likeness (QED) is 0.430. The first-order valence-electron chi connectivity index (χ1n) is 8.17. The van der Waals surface area contributed by atoms with Gasteiger partial charge in [0.2, 0.25) is 0 Å². The van der Waals surface area contributed by atoms with Crippen LogP contribution in [0.25, 0.3) is 0 Å². The summed E-state index contributed by atoms with van der Waals surface area (Å²) in [6.07, 6.45) is -3.66. The molecule has 4 nitrogen and oxygen atoms in total. The Kier molecular flexibility index (Phi) is 7.32. The van der Waals surface area contributed by atoms with Crippen molar-refractivity contribution in [2.24, 2.45) is 4.40 Å². The molecule has 156 valence electrons. The van der Waals surface area contributed by atoms with Crippen molar-refractivity contribution < 1.29 is 27.6 Å². The van der Waals surface area contributed by atoms with E-state index in [4.69, 9.17) is 11.6 Å². The number of halogens is 4. The van der Waals surface area contributed by atoms with Gasteiger partial charge in [-0.25, -0.2) is 4.79 Å². The number of benzene rings is 2. The highest BCUT2D eigenvalue weighted by Crippen LogP contribution is 2.43. The summed E-state index contributed by atoms with van der Waals surface area (Å²) in [6, 6.07) is 7.76. The molecule has 2 rings (SSSR count). The molecule has 1 atom stereocenters. The average Bonchev–Trinajstić information content (AvgIpc) is 2.59. The highest BCUT2D eigenvalue weighted by molar-refractivity contribution is 7.99. The van der Waals surface area contributed by atoms with Crippen molar-refractivity contribution in [3.8, 4) is 0 Å². The topological polar surface area (TPSA) is 72.7 Å². The lowest BCUT2D eigenvalue weighted by Crippen LogP contribution is -2.25. The zero-order valence-corrected chi connectivity index (χ0v) is 18.0. The molecule has 2 aromatic rings. The largest absolute Gasteiger partial charge is 0.591 e.